The van der Waals surface area contributed by atoms with Crippen molar-refractivity contribution in [2.24, 2.45) is 5.92 Å². The number of aryl methyl sites for hydroxylation is 1. The Bertz CT molecular complexity index is 955. The fourth-order valence-electron chi connectivity index (χ4n) is 3.85. The Morgan fingerprint density at radius 3 is 2.66 bits per heavy atom. The summed E-state index contributed by atoms with van der Waals surface area (Å²) in [6.07, 6.45) is 4.89. The average molecular weight is 391 g/mol. The van der Waals surface area contributed by atoms with Crippen LogP contribution in [0.4, 0.5) is 11.5 Å². The monoisotopic (exact) mass is 391 g/mol. The third-order valence-corrected chi connectivity index (χ3v) is 5.37. The minimum atomic E-state index is -0.0555. The van der Waals surface area contributed by atoms with Crippen molar-refractivity contribution in [1.82, 2.24) is 25.0 Å². The zero-order valence-corrected chi connectivity index (χ0v) is 16.8. The van der Waals surface area contributed by atoms with Crippen LogP contribution in [0.25, 0.3) is 5.82 Å². The lowest BCUT2D eigenvalue weighted by molar-refractivity contribution is -0.122. The predicted octanol–water partition coefficient (Wildman–Crippen LogP) is 2.64. The minimum absolute atomic E-state index is 0.0555. The summed E-state index contributed by atoms with van der Waals surface area (Å²) in [5.41, 5.74) is 2.11. The number of piperidine rings is 1. The highest BCUT2D eigenvalue weighted by Crippen LogP contribution is 2.27. The summed E-state index contributed by atoms with van der Waals surface area (Å²) >= 11 is 0. The molecule has 1 amide bonds. The number of carbonyl (C=O) groups is 1. The van der Waals surface area contributed by atoms with Crippen LogP contribution in [0.3, 0.4) is 0 Å². The number of amides is 1. The van der Waals surface area contributed by atoms with Gasteiger partial charge in [-0.05, 0) is 50.5 Å². The third-order valence-electron chi connectivity index (χ3n) is 5.37. The molecule has 0 N–H and O–H groups in total. The summed E-state index contributed by atoms with van der Waals surface area (Å²) in [6.45, 7) is 6.26. The molecule has 29 heavy (non-hydrogen) atoms. The van der Waals surface area contributed by atoms with Crippen LogP contribution in [-0.4, -0.2) is 50.5 Å². The van der Waals surface area contributed by atoms with Gasteiger partial charge < -0.3 is 9.80 Å². The van der Waals surface area contributed by atoms with E-state index in [2.05, 4.69) is 25.2 Å². The first-order valence-electron chi connectivity index (χ1n) is 9.98. The number of hydrogen-bond acceptors (Lipinski definition) is 6. The maximum absolute atomic E-state index is 13.3. The van der Waals surface area contributed by atoms with Gasteiger partial charge in [0.1, 0.15) is 12.7 Å². The Hall–Kier alpha value is -3.29. The molecule has 3 heterocycles. The van der Waals surface area contributed by atoms with Crippen molar-refractivity contribution in [2.75, 3.05) is 29.4 Å². The van der Waals surface area contributed by atoms with E-state index in [9.17, 15) is 4.79 Å². The van der Waals surface area contributed by atoms with E-state index in [1.165, 1.54) is 6.33 Å². The summed E-state index contributed by atoms with van der Waals surface area (Å²) < 4.78 is 1.57. The van der Waals surface area contributed by atoms with Gasteiger partial charge in [-0.25, -0.2) is 9.67 Å². The molecule has 0 bridgehead atoms. The summed E-state index contributed by atoms with van der Waals surface area (Å²) in [6, 6.07) is 11.8. The molecule has 1 atom stereocenters. The molecule has 8 nitrogen and oxygen atoms in total. The fraction of sp³-hybridized carbons (Fsp3) is 0.381. The average Bonchev–Trinajstić information content (AvgIpc) is 3.31. The molecule has 1 unspecified atom stereocenters. The van der Waals surface area contributed by atoms with Crippen LogP contribution in [0.2, 0.25) is 0 Å². The Labute approximate surface area is 170 Å². The van der Waals surface area contributed by atoms with Gasteiger partial charge in [0.2, 0.25) is 5.91 Å². The van der Waals surface area contributed by atoms with Crippen molar-refractivity contribution >= 4 is 17.4 Å². The topological polar surface area (TPSA) is 80.0 Å². The summed E-state index contributed by atoms with van der Waals surface area (Å²) in [4.78, 5) is 21.3. The van der Waals surface area contributed by atoms with Crippen molar-refractivity contribution in [3.8, 4) is 5.82 Å². The van der Waals surface area contributed by atoms with E-state index in [4.69, 9.17) is 0 Å². The first-order chi connectivity index (χ1) is 14.2. The van der Waals surface area contributed by atoms with Crippen molar-refractivity contribution < 1.29 is 4.79 Å². The molecule has 0 saturated carbocycles. The van der Waals surface area contributed by atoms with Crippen LogP contribution in [0.5, 0.6) is 0 Å². The normalized spacial score (nSPS) is 16.6. The number of nitrogens with zero attached hydrogens (tertiary/aromatic N) is 7. The molecular weight excluding hydrogens is 366 g/mol. The number of hydrogen-bond donors (Lipinski definition) is 0. The van der Waals surface area contributed by atoms with Gasteiger partial charge in [-0.3, -0.25) is 4.79 Å². The second kappa shape index (κ2) is 8.38. The molecule has 1 fully saturated rings. The van der Waals surface area contributed by atoms with Gasteiger partial charge in [-0.1, -0.05) is 18.2 Å². The van der Waals surface area contributed by atoms with Crippen LogP contribution in [0, 0.1) is 12.8 Å². The number of carbonyl (C=O) groups excluding carboxylic acids is 1. The van der Waals surface area contributed by atoms with E-state index in [1.807, 2.05) is 55.1 Å². The highest BCUT2D eigenvalue weighted by Gasteiger charge is 2.30. The molecule has 1 saturated heterocycles. The van der Waals surface area contributed by atoms with Gasteiger partial charge in [-0.2, -0.15) is 5.10 Å². The number of aromatic nitrogens is 5. The molecule has 1 aromatic carbocycles. The lowest BCUT2D eigenvalue weighted by atomic mass is 9.96. The van der Waals surface area contributed by atoms with E-state index < -0.39 is 0 Å². The number of benzene rings is 1. The van der Waals surface area contributed by atoms with Crippen LogP contribution in [0.1, 0.15) is 25.3 Å². The Morgan fingerprint density at radius 1 is 1.17 bits per heavy atom. The molecule has 0 radical (unpaired) electrons. The first kappa shape index (κ1) is 19.0. The second-order valence-corrected chi connectivity index (χ2v) is 7.24. The van der Waals surface area contributed by atoms with Gasteiger partial charge in [0.15, 0.2) is 11.6 Å². The van der Waals surface area contributed by atoms with E-state index in [1.54, 1.807) is 11.0 Å². The molecule has 2 aromatic heterocycles. The maximum Gasteiger partial charge on any atom is 0.231 e. The molecule has 1 aliphatic heterocycles. The molecule has 0 spiro atoms. The largest absolute Gasteiger partial charge is 0.354 e. The minimum Gasteiger partial charge on any atom is -0.354 e. The Morgan fingerprint density at radius 2 is 1.97 bits per heavy atom. The zero-order chi connectivity index (χ0) is 20.2. The number of anilines is 2. The van der Waals surface area contributed by atoms with Crippen LogP contribution in [-0.2, 0) is 4.79 Å². The highest BCUT2D eigenvalue weighted by molar-refractivity contribution is 5.96. The standard InChI is InChI=1S/C21H25N7O/c1-3-27(18-9-5-4-7-16(18)2)21(29)17-8-6-12-26(13-17)19-10-11-20(25-24-19)28-15-22-14-23-28/h4-5,7,9-11,14-15,17H,3,6,8,12-13H2,1-2H3. The van der Waals surface area contributed by atoms with Gasteiger partial charge in [0, 0.05) is 25.3 Å². The van der Waals surface area contributed by atoms with Crippen molar-refractivity contribution in [3.05, 3.63) is 54.6 Å². The Balaban J connectivity index is 1.49. The summed E-state index contributed by atoms with van der Waals surface area (Å²) in [5.74, 6) is 1.52. The van der Waals surface area contributed by atoms with Gasteiger partial charge in [0.05, 0.1) is 5.92 Å². The van der Waals surface area contributed by atoms with E-state index >= 15 is 0 Å². The Kier molecular flexibility index (Phi) is 5.50. The quantitative estimate of drug-likeness (QED) is 0.665. The molecule has 8 heteroatoms. The smallest absolute Gasteiger partial charge is 0.231 e. The lowest BCUT2D eigenvalue weighted by Gasteiger charge is -2.35. The van der Waals surface area contributed by atoms with Crippen molar-refractivity contribution in [1.29, 1.82) is 0 Å². The third kappa shape index (κ3) is 3.96. The van der Waals surface area contributed by atoms with Crippen LogP contribution in [0.15, 0.2) is 49.1 Å². The summed E-state index contributed by atoms with van der Waals surface area (Å²) in [5, 5.41) is 12.7. The molecule has 3 aromatic rings. The number of rotatable bonds is 5. The van der Waals surface area contributed by atoms with Gasteiger partial charge in [0.25, 0.3) is 0 Å². The first-order valence-corrected chi connectivity index (χ1v) is 9.98. The number of para-hydroxylation sites is 1. The van der Waals surface area contributed by atoms with E-state index in [0.29, 0.717) is 18.9 Å². The summed E-state index contributed by atoms with van der Waals surface area (Å²) in [7, 11) is 0. The van der Waals surface area contributed by atoms with Gasteiger partial charge in [-0.15, -0.1) is 10.2 Å². The molecule has 1 aliphatic rings. The van der Waals surface area contributed by atoms with Crippen molar-refractivity contribution in [2.45, 2.75) is 26.7 Å². The molecule has 4 rings (SSSR count). The highest BCUT2D eigenvalue weighted by atomic mass is 16.2. The van der Waals surface area contributed by atoms with Crippen LogP contribution >= 0.6 is 0 Å². The van der Waals surface area contributed by atoms with Crippen molar-refractivity contribution in [3.63, 3.8) is 0 Å². The maximum atomic E-state index is 13.3. The SMILES string of the molecule is CCN(C(=O)C1CCCN(c2ccc(-n3cncn3)nn2)C1)c1ccccc1C. The predicted molar refractivity (Wildman–Crippen MR) is 111 cm³/mol. The van der Waals surface area contributed by atoms with E-state index in [-0.39, 0.29) is 11.8 Å². The second-order valence-electron chi connectivity index (χ2n) is 7.24. The lowest BCUT2D eigenvalue weighted by Crippen LogP contribution is -2.45. The van der Waals surface area contributed by atoms with Crippen LogP contribution < -0.4 is 9.80 Å². The zero-order valence-electron chi connectivity index (χ0n) is 16.8. The van der Waals surface area contributed by atoms with E-state index in [0.717, 1.165) is 36.5 Å². The molecule has 150 valence electrons. The molecule has 0 aliphatic carbocycles. The molecular formula is C21H25N7O. The van der Waals surface area contributed by atoms with Gasteiger partial charge >= 0.3 is 0 Å². The fourth-order valence-corrected chi connectivity index (χ4v) is 3.85.